The second-order valence-electron chi connectivity index (χ2n) is 5.07. The van der Waals surface area contributed by atoms with Crippen molar-refractivity contribution in [2.24, 2.45) is 5.73 Å². The van der Waals surface area contributed by atoms with Crippen LogP contribution in [0.1, 0.15) is 18.1 Å². The molecule has 0 radical (unpaired) electrons. The molecule has 2 aromatic carbocycles. The van der Waals surface area contributed by atoms with E-state index in [-0.39, 0.29) is 5.97 Å². The van der Waals surface area contributed by atoms with Gasteiger partial charge in [0, 0.05) is 0 Å². The van der Waals surface area contributed by atoms with Crippen LogP contribution >= 0.6 is 0 Å². The van der Waals surface area contributed by atoms with Crippen molar-refractivity contribution in [2.45, 2.75) is 26.3 Å². The smallest absolute Gasteiger partial charge is 0.323 e. The predicted octanol–water partition coefficient (Wildman–Crippen LogP) is 3.09. The zero-order valence-corrected chi connectivity index (χ0v) is 12.5. The largest absolute Gasteiger partial charge is 0.465 e. The quantitative estimate of drug-likeness (QED) is 0.858. The summed E-state index contributed by atoms with van der Waals surface area (Å²) in [5, 5.41) is 0. The first-order valence-corrected chi connectivity index (χ1v) is 7.19. The van der Waals surface area contributed by atoms with Gasteiger partial charge in [-0.15, -0.1) is 0 Å². The number of esters is 1. The van der Waals surface area contributed by atoms with Crippen LogP contribution in [0.15, 0.2) is 48.5 Å². The Hall–Kier alpha value is -2.13. The lowest BCUT2D eigenvalue weighted by atomic mass is 9.98. The average molecular weight is 283 g/mol. The first-order valence-electron chi connectivity index (χ1n) is 7.19. The molecule has 0 amide bonds. The summed E-state index contributed by atoms with van der Waals surface area (Å²) in [5.74, 6) is -0.347. The van der Waals surface area contributed by atoms with Gasteiger partial charge in [0.05, 0.1) is 6.61 Å². The normalized spacial score (nSPS) is 12.0. The lowest BCUT2D eigenvalue weighted by Crippen LogP contribution is -2.34. The van der Waals surface area contributed by atoms with Crippen LogP contribution in [0.4, 0.5) is 0 Å². The highest BCUT2D eigenvalue weighted by atomic mass is 16.5. The molecule has 0 aliphatic heterocycles. The Balaban J connectivity index is 2.09. The van der Waals surface area contributed by atoms with Gasteiger partial charge in [-0.05, 0) is 42.5 Å². The van der Waals surface area contributed by atoms with Gasteiger partial charge in [-0.2, -0.15) is 0 Å². The molecule has 0 saturated carbocycles. The van der Waals surface area contributed by atoms with Crippen LogP contribution in [-0.2, 0) is 16.0 Å². The molecular weight excluding hydrogens is 262 g/mol. The molecule has 3 nitrogen and oxygen atoms in total. The summed E-state index contributed by atoms with van der Waals surface area (Å²) in [7, 11) is 0. The van der Waals surface area contributed by atoms with Crippen molar-refractivity contribution in [3.05, 3.63) is 59.7 Å². The third-order valence-corrected chi connectivity index (χ3v) is 3.45. The summed E-state index contributed by atoms with van der Waals surface area (Å²) in [6.45, 7) is 4.24. The number of rotatable bonds is 5. The van der Waals surface area contributed by atoms with E-state index in [0.29, 0.717) is 13.0 Å². The Labute approximate surface area is 125 Å². The maximum atomic E-state index is 11.5. The molecule has 3 heteroatoms. The van der Waals surface area contributed by atoms with Crippen LogP contribution in [0.5, 0.6) is 0 Å². The monoisotopic (exact) mass is 283 g/mol. The number of carbonyl (C=O) groups excluding carboxylic acids is 1. The van der Waals surface area contributed by atoms with Crippen molar-refractivity contribution in [3.63, 3.8) is 0 Å². The second-order valence-corrected chi connectivity index (χ2v) is 5.07. The molecule has 0 aliphatic carbocycles. The zero-order chi connectivity index (χ0) is 15.2. The van der Waals surface area contributed by atoms with Crippen molar-refractivity contribution in [1.29, 1.82) is 0 Å². The summed E-state index contributed by atoms with van der Waals surface area (Å²) >= 11 is 0. The molecule has 0 aromatic heterocycles. The fraction of sp³-hybridized carbons (Fsp3) is 0.278. The van der Waals surface area contributed by atoms with E-state index >= 15 is 0 Å². The molecule has 2 N–H and O–H groups in total. The van der Waals surface area contributed by atoms with Crippen LogP contribution in [0.3, 0.4) is 0 Å². The minimum absolute atomic E-state index is 0.347. The van der Waals surface area contributed by atoms with Crippen LogP contribution < -0.4 is 5.73 Å². The van der Waals surface area contributed by atoms with Crippen molar-refractivity contribution < 1.29 is 9.53 Å². The highest BCUT2D eigenvalue weighted by Crippen LogP contribution is 2.23. The SMILES string of the molecule is CCOC(=O)C(N)Cc1ccc(-c2ccccc2C)cc1. The van der Waals surface area contributed by atoms with Gasteiger partial charge in [0.25, 0.3) is 0 Å². The van der Waals surface area contributed by atoms with Gasteiger partial charge < -0.3 is 10.5 Å². The molecule has 0 saturated heterocycles. The third-order valence-electron chi connectivity index (χ3n) is 3.45. The van der Waals surface area contributed by atoms with E-state index in [1.807, 2.05) is 24.3 Å². The second kappa shape index (κ2) is 7.04. The van der Waals surface area contributed by atoms with E-state index in [1.54, 1.807) is 6.92 Å². The van der Waals surface area contributed by atoms with E-state index in [2.05, 4.69) is 31.2 Å². The summed E-state index contributed by atoms with van der Waals surface area (Å²) in [5.41, 5.74) is 10.5. The van der Waals surface area contributed by atoms with Crippen molar-refractivity contribution in [3.8, 4) is 11.1 Å². The Morgan fingerprint density at radius 1 is 1.14 bits per heavy atom. The van der Waals surface area contributed by atoms with Crippen LogP contribution in [0.25, 0.3) is 11.1 Å². The lowest BCUT2D eigenvalue weighted by Gasteiger charge is -2.11. The van der Waals surface area contributed by atoms with Crippen LogP contribution in [0.2, 0.25) is 0 Å². The van der Waals surface area contributed by atoms with Gasteiger partial charge in [0.1, 0.15) is 6.04 Å². The fourth-order valence-electron chi connectivity index (χ4n) is 2.30. The molecule has 0 fully saturated rings. The molecule has 1 unspecified atom stereocenters. The number of carbonyl (C=O) groups is 1. The third kappa shape index (κ3) is 3.92. The minimum Gasteiger partial charge on any atom is -0.465 e. The topological polar surface area (TPSA) is 52.3 Å². The molecule has 2 rings (SSSR count). The molecule has 0 aliphatic rings. The highest BCUT2D eigenvalue weighted by molar-refractivity contribution is 5.76. The molecule has 21 heavy (non-hydrogen) atoms. The number of hydrogen-bond acceptors (Lipinski definition) is 3. The molecule has 2 aromatic rings. The predicted molar refractivity (Wildman–Crippen MR) is 84.9 cm³/mol. The standard InChI is InChI=1S/C18H21NO2/c1-3-21-18(20)17(19)12-14-8-10-15(11-9-14)16-7-5-4-6-13(16)2/h4-11,17H,3,12,19H2,1-2H3. The van der Waals surface area contributed by atoms with Gasteiger partial charge in [0.15, 0.2) is 0 Å². The number of ether oxygens (including phenoxy) is 1. The van der Waals surface area contributed by atoms with Gasteiger partial charge in [-0.3, -0.25) is 4.79 Å². The summed E-state index contributed by atoms with van der Waals surface area (Å²) in [6.07, 6.45) is 0.493. The number of nitrogens with two attached hydrogens (primary N) is 1. The first kappa shape index (κ1) is 15.3. The molecule has 110 valence electrons. The summed E-state index contributed by atoms with van der Waals surface area (Å²) in [6, 6.07) is 15.8. The first-order chi connectivity index (χ1) is 10.1. The van der Waals surface area contributed by atoms with Gasteiger partial charge >= 0.3 is 5.97 Å². The average Bonchev–Trinajstić information content (AvgIpc) is 2.49. The van der Waals surface area contributed by atoms with E-state index in [0.717, 1.165) is 5.56 Å². The molecule has 1 atom stereocenters. The number of hydrogen-bond donors (Lipinski definition) is 1. The Bertz CT molecular complexity index is 605. The van der Waals surface area contributed by atoms with Crippen LogP contribution in [0, 0.1) is 6.92 Å². The van der Waals surface area contributed by atoms with Crippen LogP contribution in [-0.4, -0.2) is 18.6 Å². The number of aryl methyl sites for hydroxylation is 1. The van der Waals surface area contributed by atoms with Gasteiger partial charge in [0.2, 0.25) is 0 Å². The molecule has 0 bridgehead atoms. The Morgan fingerprint density at radius 3 is 2.43 bits per heavy atom. The Morgan fingerprint density at radius 2 is 1.81 bits per heavy atom. The van der Waals surface area contributed by atoms with Gasteiger partial charge in [-0.1, -0.05) is 48.5 Å². The molecule has 0 spiro atoms. The fourth-order valence-corrected chi connectivity index (χ4v) is 2.30. The highest BCUT2D eigenvalue weighted by Gasteiger charge is 2.15. The van der Waals surface area contributed by atoms with Crippen molar-refractivity contribution in [2.75, 3.05) is 6.61 Å². The summed E-state index contributed by atoms with van der Waals surface area (Å²) < 4.78 is 4.92. The van der Waals surface area contributed by atoms with E-state index in [1.165, 1.54) is 16.7 Å². The molecular formula is C18H21NO2. The zero-order valence-electron chi connectivity index (χ0n) is 12.5. The maximum absolute atomic E-state index is 11.5. The summed E-state index contributed by atoms with van der Waals surface area (Å²) in [4.78, 5) is 11.5. The minimum atomic E-state index is -0.603. The van der Waals surface area contributed by atoms with E-state index < -0.39 is 6.04 Å². The lowest BCUT2D eigenvalue weighted by molar-refractivity contribution is -0.144. The van der Waals surface area contributed by atoms with Crippen molar-refractivity contribution >= 4 is 5.97 Å². The number of benzene rings is 2. The van der Waals surface area contributed by atoms with Gasteiger partial charge in [-0.25, -0.2) is 0 Å². The van der Waals surface area contributed by atoms with Crippen molar-refractivity contribution in [1.82, 2.24) is 0 Å². The maximum Gasteiger partial charge on any atom is 0.323 e. The van der Waals surface area contributed by atoms with E-state index in [9.17, 15) is 4.79 Å². The Kier molecular flexibility index (Phi) is 5.12. The van der Waals surface area contributed by atoms with E-state index in [4.69, 9.17) is 10.5 Å². The molecule has 0 heterocycles.